The molecular weight excluding hydrogens is 244 g/mol. The molecule has 0 bridgehead atoms. The summed E-state index contributed by atoms with van der Waals surface area (Å²) >= 11 is 0. The maximum absolute atomic E-state index is 11.0. The minimum absolute atomic E-state index is 0.0153. The molecule has 1 aromatic carbocycles. The number of benzene rings is 1. The van der Waals surface area contributed by atoms with Gasteiger partial charge in [0.2, 0.25) is 0 Å². The van der Waals surface area contributed by atoms with Crippen LogP contribution < -0.4 is 9.47 Å². The van der Waals surface area contributed by atoms with Crippen molar-refractivity contribution in [3.8, 4) is 11.5 Å². The third-order valence-corrected chi connectivity index (χ3v) is 4.26. The van der Waals surface area contributed by atoms with E-state index in [1.807, 2.05) is 0 Å². The normalized spacial score (nSPS) is 18.2. The van der Waals surface area contributed by atoms with Gasteiger partial charge in [0.25, 0.3) is 0 Å². The second kappa shape index (κ2) is 4.37. The highest BCUT2D eigenvalue weighted by molar-refractivity contribution is 7.92. The molecule has 0 saturated carbocycles. The van der Waals surface area contributed by atoms with Gasteiger partial charge in [-0.05, 0) is 18.2 Å². The molecule has 1 aliphatic heterocycles. The van der Waals surface area contributed by atoms with E-state index < -0.39 is 9.84 Å². The molecule has 0 N–H and O–H groups in total. The van der Waals surface area contributed by atoms with Gasteiger partial charge in [0.05, 0.1) is 18.6 Å². The van der Waals surface area contributed by atoms with Crippen molar-refractivity contribution in [3.63, 3.8) is 0 Å². The molecular formula is C11H12O5S. The molecule has 1 fully saturated rings. The Kier molecular flexibility index (Phi) is 3.06. The molecule has 6 heteroatoms. The minimum Gasteiger partial charge on any atom is -0.493 e. The zero-order valence-corrected chi connectivity index (χ0v) is 10.1. The number of ether oxygens (including phenoxy) is 2. The van der Waals surface area contributed by atoms with E-state index in [9.17, 15) is 13.2 Å². The Morgan fingerprint density at radius 3 is 2.53 bits per heavy atom. The molecule has 2 rings (SSSR count). The summed E-state index contributed by atoms with van der Waals surface area (Å²) in [6.07, 6.45) is 0.347. The molecule has 0 aromatic heterocycles. The summed E-state index contributed by atoms with van der Waals surface area (Å²) in [6, 6.07) is 4.76. The van der Waals surface area contributed by atoms with E-state index in [1.54, 1.807) is 12.1 Å². The lowest BCUT2D eigenvalue weighted by molar-refractivity contribution is 0.112. The molecule has 0 aliphatic carbocycles. The van der Waals surface area contributed by atoms with E-state index in [4.69, 9.17) is 9.47 Å². The summed E-state index contributed by atoms with van der Waals surface area (Å²) in [4.78, 5) is 10.6. The molecule has 0 radical (unpaired) electrons. The predicted molar refractivity (Wildman–Crippen MR) is 61.5 cm³/mol. The van der Waals surface area contributed by atoms with Crippen molar-refractivity contribution < 1.29 is 22.7 Å². The first-order valence-corrected chi connectivity index (χ1v) is 6.86. The van der Waals surface area contributed by atoms with Crippen LogP contribution in [0.3, 0.4) is 0 Å². The van der Waals surface area contributed by atoms with Crippen molar-refractivity contribution in [2.24, 2.45) is 0 Å². The number of methoxy groups -OCH3 is 1. The molecule has 92 valence electrons. The predicted octanol–water partition coefficient (Wildman–Crippen LogP) is 0.683. The first kappa shape index (κ1) is 11.9. The van der Waals surface area contributed by atoms with E-state index >= 15 is 0 Å². The first-order valence-electron chi connectivity index (χ1n) is 5.04. The SMILES string of the molecule is COc1ccc(C=O)cc1OC1CS(=O)(=O)C1. The maximum Gasteiger partial charge on any atom is 0.162 e. The van der Waals surface area contributed by atoms with Gasteiger partial charge in [-0.15, -0.1) is 0 Å². The molecule has 17 heavy (non-hydrogen) atoms. The number of carbonyl (C=O) groups excluding carboxylic acids is 1. The second-order valence-corrected chi connectivity index (χ2v) is 6.00. The van der Waals surface area contributed by atoms with Crippen molar-refractivity contribution in [1.82, 2.24) is 0 Å². The number of carbonyl (C=O) groups is 1. The Bertz CT molecular complexity index is 523. The molecule has 5 nitrogen and oxygen atoms in total. The lowest BCUT2D eigenvalue weighted by Crippen LogP contribution is -2.45. The third-order valence-electron chi connectivity index (χ3n) is 2.50. The van der Waals surface area contributed by atoms with Crippen LogP contribution in [-0.2, 0) is 9.84 Å². The monoisotopic (exact) mass is 256 g/mol. The van der Waals surface area contributed by atoms with Gasteiger partial charge in [-0.3, -0.25) is 4.79 Å². The van der Waals surface area contributed by atoms with Crippen molar-refractivity contribution in [1.29, 1.82) is 0 Å². The lowest BCUT2D eigenvalue weighted by atomic mass is 10.2. The fourth-order valence-corrected chi connectivity index (χ4v) is 2.80. The summed E-state index contributed by atoms with van der Waals surface area (Å²) in [7, 11) is -1.43. The largest absolute Gasteiger partial charge is 0.493 e. The van der Waals surface area contributed by atoms with Crippen LogP contribution in [0.5, 0.6) is 11.5 Å². The van der Waals surface area contributed by atoms with Crippen molar-refractivity contribution in [3.05, 3.63) is 23.8 Å². The van der Waals surface area contributed by atoms with Crippen molar-refractivity contribution in [2.45, 2.75) is 6.10 Å². The van der Waals surface area contributed by atoms with Gasteiger partial charge in [0.1, 0.15) is 12.4 Å². The highest BCUT2D eigenvalue weighted by Crippen LogP contribution is 2.30. The number of rotatable bonds is 4. The molecule has 1 aromatic rings. The summed E-state index contributed by atoms with van der Waals surface area (Å²) in [5.74, 6) is 0.917. The minimum atomic E-state index is -2.92. The molecule has 1 aliphatic rings. The van der Waals surface area contributed by atoms with E-state index in [0.29, 0.717) is 23.3 Å². The van der Waals surface area contributed by atoms with Crippen LogP contribution in [0.4, 0.5) is 0 Å². The van der Waals surface area contributed by atoms with Crippen LogP contribution in [0, 0.1) is 0 Å². The fraction of sp³-hybridized carbons (Fsp3) is 0.364. The number of hydrogen-bond donors (Lipinski definition) is 0. The Morgan fingerprint density at radius 1 is 1.29 bits per heavy atom. The quantitative estimate of drug-likeness (QED) is 0.741. The van der Waals surface area contributed by atoms with Crippen LogP contribution in [0.1, 0.15) is 10.4 Å². The van der Waals surface area contributed by atoms with Gasteiger partial charge in [-0.2, -0.15) is 0 Å². The van der Waals surface area contributed by atoms with E-state index in [2.05, 4.69) is 0 Å². The standard InChI is InChI=1S/C11H12O5S/c1-15-10-3-2-8(5-12)4-11(10)16-9-6-17(13,14)7-9/h2-5,9H,6-7H2,1H3. The van der Waals surface area contributed by atoms with Gasteiger partial charge >= 0.3 is 0 Å². The fourth-order valence-electron chi connectivity index (χ4n) is 1.62. The van der Waals surface area contributed by atoms with E-state index in [0.717, 1.165) is 0 Å². The molecule has 0 unspecified atom stereocenters. The number of hydrogen-bond acceptors (Lipinski definition) is 5. The number of aldehydes is 1. The van der Waals surface area contributed by atoms with Gasteiger partial charge in [-0.25, -0.2) is 8.42 Å². The topological polar surface area (TPSA) is 69.7 Å². The van der Waals surface area contributed by atoms with Gasteiger partial charge < -0.3 is 9.47 Å². The van der Waals surface area contributed by atoms with Crippen LogP contribution >= 0.6 is 0 Å². The van der Waals surface area contributed by atoms with E-state index in [-0.39, 0.29) is 17.6 Å². The van der Waals surface area contributed by atoms with Crippen LogP contribution in [-0.4, -0.2) is 39.4 Å². The highest BCUT2D eigenvalue weighted by atomic mass is 32.2. The molecule has 1 heterocycles. The zero-order valence-electron chi connectivity index (χ0n) is 9.25. The average Bonchev–Trinajstić information content (AvgIpc) is 2.26. The first-order chi connectivity index (χ1) is 8.04. The lowest BCUT2D eigenvalue weighted by Gasteiger charge is -2.27. The van der Waals surface area contributed by atoms with Crippen LogP contribution in [0.2, 0.25) is 0 Å². The Morgan fingerprint density at radius 2 is 2.00 bits per heavy atom. The van der Waals surface area contributed by atoms with Gasteiger partial charge in [0.15, 0.2) is 21.3 Å². The summed E-state index contributed by atoms with van der Waals surface area (Å²) in [6.45, 7) is 0. The number of sulfone groups is 1. The van der Waals surface area contributed by atoms with Gasteiger partial charge in [-0.1, -0.05) is 0 Å². The van der Waals surface area contributed by atoms with Crippen molar-refractivity contribution >= 4 is 16.1 Å². The molecule has 0 amide bonds. The maximum atomic E-state index is 11.0. The molecule has 1 saturated heterocycles. The average molecular weight is 256 g/mol. The van der Waals surface area contributed by atoms with Gasteiger partial charge in [0, 0.05) is 5.56 Å². The smallest absolute Gasteiger partial charge is 0.162 e. The Hall–Kier alpha value is -1.56. The summed E-state index contributed by atoms with van der Waals surface area (Å²) in [5.41, 5.74) is 0.461. The zero-order chi connectivity index (χ0) is 12.5. The van der Waals surface area contributed by atoms with Crippen molar-refractivity contribution in [2.75, 3.05) is 18.6 Å². The molecule has 0 spiro atoms. The van der Waals surface area contributed by atoms with E-state index in [1.165, 1.54) is 13.2 Å². The second-order valence-electron chi connectivity index (χ2n) is 3.84. The Balaban J connectivity index is 2.16. The molecule has 0 atom stereocenters. The summed E-state index contributed by atoms with van der Waals surface area (Å²) < 4.78 is 32.6. The van der Waals surface area contributed by atoms with Crippen LogP contribution in [0.15, 0.2) is 18.2 Å². The Labute approximate surface area is 99.3 Å². The van der Waals surface area contributed by atoms with Crippen LogP contribution in [0.25, 0.3) is 0 Å². The third kappa shape index (κ3) is 2.58. The highest BCUT2D eigenvalue weighted by Gasteiger charge is 2.35. The summed E-state index contributed by atoms with van der Waals surface area (Å²) in [5, 5.41) is 0.